The summed E-state index contributed by atoms with van der Waals surface area (Å²) >= 11 is 0. The average Bonchev–Trinajstić information content (AvgIpc) is 2.29. The van der Waals surface area contributed by atoms with Gasteiger partial charge in [0.25, 0.3) is 0 Å². The first-order valence-corrected chi connectivity index (χ1v) is 12.6. The highest BCUT2D eigenvalue weighted by Gasteiger charge is 1.94. The maximum atomic E-state index is 2.25. The van der Waals surface area contributed by atoms with Gasteiger partial charge in [-0.15, -0.1) is 0 Å². The van der Waals surface area contributed by atoms with Crippen molar-refractivity contribution in [2.45, 2.75) is 19.3 Å². The molecule has 0 saturated heterocycles. The molecule has 0 bridgehead atoms. The van der Waals surface area contributed by atoms with Crippen molar-refractivity contribution in [3.05, 3.63) is 35.8 Å². The first-order valence-electron chi connectivity index (χ1n) is 4.93. The van der Waals surface area contributed by atoms with Crippen molar-refractivity contribution in [2.24, 2.45) is 0 Å². The van der Waals surface area contributed by atoms with Gasteiger partial charge in [0.1, 0.15) is 0 Å². The molecule has 0 aliphatic carbocycles. The third kappa shape index (κ3) is 10.5. The zero-order valence-electron chi connectivity index (χ0n) is 8.74. The van der Waals surface area contributed by atoms with Crippen LogP contribution in [0.15, 0.2) is 35.8 Å². The number of hydrogen-bond acceptors (Lipinski definition) is 6. The van der Waals surface area contributed by atoms with Crippen molar-refractivity contribution in [1.82, 2.24) is 0 Å². The summed E-state index contributed by atoms with van der Waals surface area (Å²) in [4.78, 5) is 0. The van der Waals surface area contributed by atoms with Crippen molar-refractivity contribution in [3.63, 3.8) is 0 Å². The van der Waals surface area contributed by atoms with Crippen molar-refractivity contribution in [1.29, 1.82) is 0 Å². The molecule has 0 unspecified atom stereocenters. The van der Waals surface area contributed by atoms with Crippen LogP contribution in [0.3, 0.4) is 0 Å². The Balaban J connectivity index is 2.23. The topological polar surface area (TPSA) is 0 Å². The van der Waals surface area contributed by atoms with Gasteiger partial charge >= 0.3 is 0 Å². The van der Waals surface area contributed by atoms with Crippen LogP contribution in [-0.4, -0.2) is 5.75 Å². The SMILES string of the molecule is C1=C\SSSSSSCCCC/C=C/C=C/1. The second kappa shape index (κ2) is 12.8. The smallest absolute Gasteiger partial charge is 0.00455 e. The maximum Gasteiger partial charge on any atom is 0.00455 e. The molecule has 0 nitrogen and oxygen atoms in total. The van der Waals surface area contributed by atoms with E-state index in [4.69, 9.17) is 0 Å². The van der Waals surface area contributed by atoms with Gasteiger partial charge in [0.2, 0.25) is 0 Å². The third-order valence-electron chi connectivity index (χ3n) is 1.62. The highest BCUT2D eigenvalue weighted by atomic mass is 33.9. The van der Waals surface area contributed by atoms with E-state index in [1.165, 1.54) is 25.0 Å². The van der Waals surface area contributed by atoms with Crippen molar-refractivity contribution < 1.29 is 0 Å². The lowest BCUT2D eigenvalue weighted by Gasteiger charge is -1.98. The molecule has 0 aromatic carbocycles. The first kappa shape index (κ1) is 15.4. The summed E-state index contributed by atoms with van der Waals surface area (Å²) in [6, 6.07) is 0. The predicted molar refractivity (Wildman–Crippen MR) is 91.7 cm³/mol. The molecule has 1 heterocycles. The van der Waals surface area contributed by atoms with Gasteiger partial charge in [-0.25, -0.2) is 0 Å². The standard InChI is InChI=1S/C10H14S6/c1-2-4-6-8-10-12-14-16-15-13-11-9-7-5-3-1/h1-3,5,7,9H,4,6,8,10H2/b2-1+,5-3+,9-7-. The number of allylic oxidation sites excluding steroid dienone is 5. The molecule has 0 spiro atoms. The zero-order chi connectivity index (χ0) is 11.3. The van der Waals surface area contributed by atoms with Crippen LogP contribution in [0.5, 0.6) is 0 Å². The molecular weight excluding hydrogens is 313 g/mol. The minimum atomic E-state index is 1.20. The number of rotatable bonds is 0. The van der Waals surface area contributed by atoms with E-state index < -0.39 is 0 Å². The molecule has 16 heavy (non-hydrogen) atoms. The summed E-state index contributed by atoms with van der Waals surface area (Å²) in [5.41, 5.74) is 0. The van der Waals surface area contributed by atoms with Crippen molar-refractivity contribution in [2.75, 3.05) is 5.75 Å². The molecule has 1 rings (SSSR count). The fourth-order valence-electron chi connectivity index (χ4n) is 0.919. The van der Waals surface area contributed by atoms with E-state index in [1.54, 1.807) is 10.8 Å². The quantitative estimate of drug-likeness (QED) is 0.447. The highest BCUT2D eigenvalue weighted by molar-refractivity contribution is 9.42. The van der Waals surface area contributed by atoms with Crippen molar-refractivity contribution in [3.8, 4) is 0 Å². The molecule has 0 radical (unpaired) electrons. The normalized spacial score (nSPS) is 27.0. The van der Waals surface area contributed by atoms with E-state index in [0.29, 0.717) is 0 Å². The Kier molecular flexibility index (Phi) is 12.3. The molecule has 0 aromatic rings. The Labute approximate surface area is 121 Å². The van der Waals surface area contributed by atoms with E-state index in [9.17, 15) is 0 Å². The van der Waals surface area contributed by atoms with Crippen LogP contribution in [0.1, 0.15) is 19.3 Å². The van der Waals surface area contributed by atoms with Gasteiger partial charge in [-0.2, -0.15) is 0 Å². The minimum Gasteiger partial charge on any atom is -0.0845 e. The fraction of sp³-hybridized carbons (Fsp3) is 0.400. The van der Waals surface area contributed by atoms with E-state index >= 15 is 0 Å². The predicted octanol–water partition coefficient (Wildman–Crippen LogP) is 6.77. The summed E-state index contributed by atoms with van der Waals surface area (Å²) in [6.07, 6.45) is 14.5. The Hall–Kier alpha value is 1.32. The third-order valence-corrected chi connectivity index (χ3v) is 12.1. The average molecular weight is 327 g/mol. The van der Waals surface area contributed by atoms with E-state index in [0.717, 1.165) is 0 Å². The molecule has 6 heteroatoms. The fourth-order valence-corrected chi connectivity index (χ4v) is 11.8. The molecule has 0 saturated carbocycles. The maximum absolute atomic E-state index is 2.25. The van der Waals surface area contributed by atoms with Crippen LogP contribution >= 0.6 is 60.9 Å². The molecule has 1 aliphatic rings. The van der Waals surface area contributed by atoms with Gasteiger partial charge in [-0.1, -0.05) is 52.0 Å². The van der Waals surface area contributed by atoms with E-state index in [-0.39, 0.29) is 0 Å². The molecule has 0 N–H and O–H groups in total. The minimum absolute atomic E-state index is 1.20. The summed E-state index contributed by atoms with van der Waals surface area (Å²) in [5.74, 6) is 1.26. The van der Waals surface area contributed by atoms with E-state index in [2.05, 4.69) is 35.8 Å². The molecule has 0 atom stereocenters. The second-order valence-corrected chi connectivity index (χ2v) is 12.3. The summed E-state index contributed by atoms with van der Waals surface area (Å²) < 4.78 is 0. The van der Waals surface area contributed by atoms with E-state index in [1.807, 2.05) is 50.1 Å². The molecule has 1 aliphatic heterocycles. The Morgan fingerprint density at radius 3 is 2.62 bits per heavy atom. The Morgan fingerprint density at radius 1 is 0.750 bits per heavy atom. The summed E-state index contributed by atoms with van der Waals surface area (Å²) in [6.45, 7) is 0. The van der Waals surface area contributed by atoms with Crippen LogP contribution in [-0.2, 0) is 0 Å². The summed E-state index contributed by atoms with van der Waals surface area (Å²) in [5, 5.41) is 2.12. The van der Waals surface area contributed by atoms with Gasteiger partial charge in [0.05, 0.1) is 0 Å². The monoisotopic (exact) mass is 326 g/mol. The van der Waals surface area contributed by atoms with Crippen LogP contribution in [0.2, 0.25) is 0 Å². The van der Waals surface area contributed by atoms with Crippen LogP contribution in [0.25, 0.3) is 0 Å². The van der Waals surface area contributed by atoms with Crippen LogP contribution < -0.4 is 0 Å². The molecule has 0 aromatic heterocycles. The lowest BCUT2D eigenvalue weighted by molar-refractivity contribution is 0.824. The van der Waals surface area contributed by atoms with Gasteiger partial charge in [0.15, 0.2) is 0 Å². The molecular formula is C10H14S6. The second-order valence-electron chi connectivity index (χ2n) is 2.83. The highest BCUT2D eigenvalue weighted by Crippen LogP contribution is 2.52. The Bertz CT molecular complexity index is 211. The van der Waals surface area contributed by atoms with Crippen LogP contribution in [0.4, 0.5) is 0 Å². The molecule has 0 fully saturated rings. The Morgan fingerprint density at radius 2 is 1.62 bits per heavy atom. The van der Waals surface area contributed by atoms with Gasteiger partial charge in [-0.05, 0) is 64.0 Å². The molecule has 90 valence electrons. The number of hydrogen-bond donors (Lipinski definition) is 0. The van der Waals surface area contributed by atoms with Gasteiger partial charge in [-0.3, -0.25) is 0 Å². The van der Waals surface area contributed by atoms with Crippen molar-refractivity contribution >= 4 is 60.9 Å². The zero-order valence-corrected chi connectivity index (χ0v) is 13.6. The lowest BCUT2D eigenvalue weighted by atomic mass is 10.2. The largest absolute Gasteiger partial charge is 0.0845 e. The first-order chi connectivity index (χ1) is 8.00. The lowest BCUT2D eigenvalue weighted by Crippen LogP contribution is -1.75. The molecule has 0 amide bonds. The van der Waals surface area contributed by atoms with Crippen LogP contribution in [0, 0.1) is 0 Å². The summed E-state index contributed by atoms with van der Waals surface area (Å²) in [7, 11) is 11.1. The van der Waals surface area contributed by atoms with Gasteiger partial charge in [0, 0.05) is 5.75 Å². The van der Waals surface area contributed by atoms with Gasteiger partial charge < -0.3 is 0 Å².